The van der Waals surface area contributed by atoms with Crippen LogP contribution in [-0.2, 0) is 17.7 Å². The van der Waals surface area contributed by atoms with Crippen molar-refractivity contribution in [3.8, 4) is 0 Å². The van der Waals surface area contributed by atoms with E-state index in [1.807, 2.05) is 30.3 Å². The summed E-state index contributed by atoms with van der Waals surface area (Å²) in [4.78, 5) is 14.5. The van der Waals surface area contributed by atoms with Gasteiger partial charge in [-0.3, -0.25) is 4.90 Å². The second-order valence-corrected chi connectivity index (χ2v) is 6.17. The number of esters is 1. The summed E-state index contributed by atoms with van der Waals surface area (Å²) in [6.45, 7) is 3.69. The predicted octanol–water partition coefficient (Wildman–Crippen LogP) is 2.49. The Morgan fingerprint density at radius 1 is 1.17 bits per heavy atom. The molecular weight excluding hydrogens is 300 g/mol. The average Bonchev–Trinajstić information content (AvgIpc) is 2.64. The number of rotatable bonds is 5. The summed E-state index contributed by atoms with van der Waals surface area (Å²) >= 11 is 0. The first kappa shape index (κ1) is 16.7. The van der Waals surface area contributed by atoms with Gasteiger partial charge in [0.25, 0.3) is 0 Å². The van der Waals surface area contributed by atoms with E-state index in [1.54, 1.807) is 0 Å². The average molecular weight is 324 g/mol. The van der Waals surface area contributed by atoms with Crippen molar-refractivity contribution in [2.24, 2.45) is 0 Å². The molecule has 3 rings (SSSR count). The van der Waals surface area contributed by atoms with Crippen molar-refractivity contribution in [3.63, 3.8) is 0 Å². The molecule has 2 aromatic rings. The van der Waals surface area contributed by atoms with Crippen molar-refractivity contribution in [2.45, 2.75) is 19.0 Å². The topological polar surface area (TPSA) is 41.6 Å². The molecule has 4 heteroatoms. The standard InChI is InChI=1S/C20H24N2O2/c1-24-20(23)19-10-6-5-9-17(19)15-22-12-11-21-14-18(22)13-16-7-3-2-4-8-16/h2-10,18,21H,11-15H2,1H3/t18-/m0/s1. The van der Waals surface area contributed by atoms with Gasteiger partial charge in [-0.2, -0.15) is 0 Å². The van der Waals surface area contributed by atoms with Gasteiger partial charge in [-0.25, -0.2) is 4.79 Å². The number of carbonyl (C=O) groups excluding carboxylic acids is 1. The van der Waals surface area contributed by atoms with E-state index < -0.39 is 0 Å². The molecule has 0 spiro atoms. The molecule has 4 nitrogen and oxygen atoms in total. The first-order valence-corrected chi connectivity index (χ1v) is 8.43. The van der Waals surface area contributed by atoms with Gasteiger partial charge in [0.1, 0.15) is 0 Å². The lowest BCUT2D eigenvalue weighted by molar-refractivity contribution is 0.0596. The molecule has 2 aromatic carbocycles. The van der Waals surface area contributed by atoms with Gasteiger partial charge in [-0.1, -0.05) is 48.5 Å². The third-order valence-corrected chi connectivity index (χ3v) is 4.58. The number of carbonyl (C=O) groups is 1. The van der Waals surface area contributed by atoms with Crippen LogP contribution in [0.1, 0.15) is 21.5 Å². The van der Waals surface area contributed by atoms with Crippen LogP contribution in [0.3, 0.4) is 0 Å². The Kier molecular flexibility index (Phi) is 5.62. The summed E-state index contributed by atoms with van der Waals surface area (Å²) in [5, 5.41) is 3.49. The van der Waals surface area contributed by atoms with Crippen LogP contribution < -0.4 is 5.32 Å². The van der Waals surface area contributed by atoms with Crippen LogP contribution in [0.25, 0.3) is 0 Å². The zero-order chi connectivity index (χ0) is 16.8. The van der Waals surface area contributed by atoms with Gasteiger partial charge in [-0.05, 0) is 23.6 Å². The molecule has 1 heterocycles. The molecule has 1 aliphatic heterocycles. The van der Waals surface area contributed by atoms with Crippen molar-refractivity contribution < 1.29 is 9.53 Å². The Bertz CT molecular complexity index is 672. The molecule has 1 aliphatic rings. The van der Waals surface area contributed by atoms with Crippen LogP contribution in [0, 0.1) is 0 Å². The lowest BCUT2D eigenvalue weighted by Crippen LogP contribution is -2.51. The van der Waals surface area contributed by atoms with E-state index in [2.05, 4.69) is 34.5 Å². The Morgan fingerprint density at radius 3 is 2.71 bits per heavy atom. The van der Waals surface area contributed by atoms with Crippen LogP contribution in [0.4, 0.5) is 0 Å². The van der Waals surface area contributed by atoms with Gasteiger partial charge in [0.15, 0.2) is 0 Å². The van der Waals surface area contributed by atoms with Crippen molar-refractivity contribution in [2.75, 3.05) is 26.7 Å². The summed E-state index contributed by atoms with van der Waals surface area (Å²) in [5.41, 5.74) is 3.04. The summed E-state index contributed by atoms with van der Waals surface area (Å²) in [6, 6.07) is 18.7. The molecule has 1 N–H and O–H groups in total. The molecule has 0 bridgehead atoms. The predicted molar refractivity (Wildman–Crippen MR) is 95.0 cm³/mol. The fourth-order valence-corrected chi connectivity index (χ4v) is 3.28. The number of nitrogens with one attached hydrogen (secondary N) is 1. The quantitative estimate of drug-likeness (QED) is 0.858. The van der Waals surface area contributed by atoms with Gasteiger partial charge in [-0.15, -0.1) is 0 Å². The van der Waals surface area contributed by atoms with Crippen molar-refractivity contribution in [3.05, 3.63) is 71.3 Å². The molecule has 0 amide bonds. The Balaban J connectivity index is 1.76. The van der Waals surface area contributed by atoms with E-state index in [9.17, 15) is 4.79 Å². The highest BCUT2D eigenvalue weighted by atomic mass is 16.5. The number of nitrogens with zero attached hydrogens (tertiary/aromatic N) is 1. The highest BCUT2D eigenvalue weighted by Crippen LogP contribution is 2.18. The van der Waals surface area contributed by atoms with E-state index in [0.717, 1.165) is 38.2 Å². The van der Waals surface area contributed by atoms with E-state index in [4.69, 9.17) is 4.74 Å². The first-order valence-electron chi connectivity index (χ1n) is 8.43. The molecule has 24 heavy (non-hydrogen) atoms. The van der Waals surface area contributed by atoms with Gasteiger partial charge >= 0.3 is 5.97 Å². The number of hydrogen-bond acceptors (Lipinski definition) is 4. The fraction of sp³-hybridized carbons (Fsp3) is 0.350. The summed E-state index contributed by atoms with van der Waals surface area (Å²) in [5.74, 6) is -0.264. The lowest BCUT2D eigenvalue weighted by Gasteiger charge is -2.36. The highest BCUT2D eigenvalue weighted by molar-refractivity contribution is 5.90. The summed E-state index contributed by atoms with van der Waals surface area (Å²) < 4.78 is 4.92. The van der Waals surface area contributed by atoms with Gasteiger partial charge in [0, 0.05) is 32.2 Å². The first-order chi connectivity index (χ1) is 11.8. The third kappa shape index (κ3) is 4.02. The van der Waals surface area contributed by atoms with Crippen molar-refractivity contribution in [1.29, 1.82) is 0 Å². The largest absolute Gasteiger partial charge is 0.465 e. The van der Waals surface area contributed by atoms with Gasteiger partial charge in [0.05, 0.1) is 12.7 Å². The van der Waals surface area contributed by atoms with Crippen LogP contribution in [-0.4, -0.2) is 43.7 Å². The normalized spacial score (nSPS) is 18.3. The van der Waals surface area contributed by atoms with E-state index in [-0.39, 0.29) is 5.97 Å². The highest BCUT2D eigenvalue weighted by Gasteiger charge is 2.24. The lowest BCUT2D eigenvalue weighted by atomic mass is 10.0. The third-order valence-electron chi connectivity index (χ3n) is 4.58. The number of benzene rings is 2. The van der Waals surface area contributed by atoms with Gasteiger partial charge in [0.2, 0.25) is 0 Å². The van der Waals surface area contributed by atoms with Crippen LogP contribution in [0.5, 0.6) is 0 Å². The number of hydrogen-bond donors (Lipinski definition) is 1. The van der Waals surface area contributed by atoms with Crippen LogP contribution in [0.2, 0.25) is 0 Å². The monoisotopic (exact) mass is 324 g/mol. The Morgan fingerprint density at radius 2 is 1.92 bits per heavy atom. The molecule has 0 radical (unpaired) electrons. The number of ether oxygens (including phenoxy) is 1. The minimum absolute atomic E-state index is 0.264. The SMILES string of the molecule is COC(=O)c1ccccc1CN1CCNC[C@@H]1Cc1ccccc1. The van der Waals surface area contributed by atoms with Crippen LogP contribution >= 0.6 is 0 Å². The smallest absolute Gasteiger partial charge is 0.338 e. The maximum absolute atomic E-state index is 12.0. The Hall–Kier alpha value is -2.17. The molecule has 0 aliphatic carbocycles. The molecule has 0 aromatic heterocycles. The minimum atomic E-state index is -0.264. The summed E-state index contributed by atoms with van der Waals surface area (Å²) in [6.07, 6.45) is 1.01. The Labute approximate surface area is 143 Å². The summed E-state index contributed by atoms with van der Waals surface area (Å²) in [7, 11) is 1.43. The molecule has 1 saturated heterocycles. The van der Waals surface area contributed by atoms with E-state index in [0.29, 0.717) is 11.6 Å². The van der Waals surface area contributed by atoms with Crippen molar-refractivity contribution >= 4 is 5.97 Å². The van der Waals surface area contributed by atoms with E-state index in [1.165, 1.54) is 12.7 Å². The molecule has 0 saturated carbocycles. The zero-order valence-electron chi connectivity index (χ0n) is 14.1. The van der Waals surface area contributed by atoms with Crippen molar-refractivity contribution in [1.82, 2.24) is 10.2 Å². The van der Waals surface area contributed by atoms with Crippen LogP contribution in [0.15, 0.2) is 54.6 Å². The number of methoxy groups -OCH3 is 1. The second-order valence-electron chi connectivity index (χ2n) is 6.17. The van der Waals surface area contributed by atoms with Gasteiger partial charge < -0.3 is 10.1 Å². The van der Waals surface area contributed by atoms with E-state index >= 15 is 0 Å². The molecular formula is C20H24N2O2. The number of piperazine rings is 1. The molecule has 126 valence electrons. The zero-order valence-corrected chi connectivity index (χ0v) is 14.1. The second kappa shape index (κ2) is 8.08. The molecule has 1 fully saturated rings. The molecule has 1 atom stereocenters. The maximum atomic E-state index is 12.0. The maximum Gasteiger partial charge on any atom is 0.338 e. The fourth-order valence-electron chi connectivity index (χ4n) is 3.28. The molecule has 0 unspecified atom stereocenters. The minimum Gasteiger partial charge on any atom is -0.465 e.